The van der Waals surface area contributed by atoms with Crippen molar-refractivity contribution in [1.29, 1.82) is 5.26 Å². The molecule has 0 aromatic heterocycles. The SMILES string of the molecule is CC(C)C#N.Clc1cccc(C2CCCN2)c1. The summed E-state index contributed by atoms with van der Waals surface area (Å²) in [7, 11) is 0. The van der Waals surface area contributed by atoms with Gasteiger partial charge < -0.3 is 5.32 Å². The van der Waals surface area contributed by atoms with Gasteiger partial charge in [0.25, 0.3) is 0 Å². The molecule has 1 unspecified atom stereocenters. The third-order valence-electron chi connectivity index (χ3n) is 2.57. The standard InChI is InChI=1S/C10H12ClN.C4H7N/c11-9-4-1-3-8(7-9)10-5-2-6-12-10;1-4(2)3-5/h1,3-4,7,10,12H,2,5-6H2;4H,1-2H3. The normalized spacial score (nSPS) is 18.4. The second-order valence-electron chi connectivity index (χ2n) is 4.49. The van der Waals surface area contributed by atoms with Gasteiger partial charge in [-0.05, 0) is 50.9 Å². The van der Waals surface area contributed by atoms with E-state index in [9.17, 15) is 0 Å². The van der Waals surface area contributed by atoms with Crippen LogP contribution in [0.2, 0.25) is 5.02 Å². The van der Waals surface area contributed by atoms with Gasteiger partial charge in [-0.25, -0.2) is 0 Å². The molecule has 3 heteroatoms. The zero-order chi connectivity index (χ0) is 12.7. The largest absolute Gasteiger partial charge is 0.310 e. The predicted molar refractivity (Wildman–Crippen MR) is 71.9 cm³/mol. The molecule has 0 bridgehead atoms. The lowest BCUT2D eigenvalue weighted by molar-refractivity contribution is 0.648. The van der Waals surface area contributed by atoms with E-state index in [0.29, 0.717) is 6.04 Å². The second-order valence-corrected chi connectivity index (χ2v) is 4.92. The van der Waals surface area contributed by atoms with Crippen molar-refractivity contribution in [3.63, 3.8) is 0 Å². The summed E-state index contributed by atoms with van der Waals surface area (Å²) in [5.74, 6) is 0.190. The van der Waals surface area contributed by atoms with E-state index in [1.54, 1.807) is 0 Å². The van der Waals surface area contributed by atoms with E-state index in [-0.39, 0.29) is 5.92 Å². The van der Waals surface area contributed by atoms with Gasteiger partial charge in [0.1, 0.15) is 0 Å². The van der Waals surface area contributed by atoms with Crippen molar-refractivity contribution in [2.24, 2.45) is 5.92 Å². The van der Waals surface area contributed by atoms with Gasteiger partial charge in [0.15, 0.2) is 0 Å². The van der Waals surface area contributed by atoms with E-state index in [2.05, 4.69) is 11.4 Å². The predicted octanol–water partition coefficient (Wildman–Crippen LogP) is 3.93. The maximum Gasteiger partial charge on any atom is 0.0649 e. The Morgan fingerprint density at radius 3 is 2.65 bits per heavy atom. The Bertz CT molecular complexity index is 376. The van der Waals surface area contributed by atoms with Crippen molar-refractivity contribution in [2.45, 2.75) is 32.7 Å². The molecule has 1 saturated heterocycles. The minimum atomic E-state index is 0.190. The van der Waals surface area contributed by atoms with E-state index >= 15 is 0 Å². The van der Waals surface area contributed by atoms with Gasteiger partial charge in [0.05, 0.1) is 6.07 Å². The van der Waals surface area contributed by atoms with Crippen molar-refractivity contribution in [3.05, 3.63) is 34.9 Å². The summed E-state index contributed by atoms with van der Waals surface area (Å²) in [6, 6.07) is 10.7. The lowest BCUT2D eigenvalue weighted by Gasteiger charge is -2.09. The Labute approximate surface area is 109 Å². The van der Waals surface area contributed by atoms with Crippen LogP contribution in [0.15, 0.2) is 24.3 Å². The van der Waals surface area contributed by atoms with E-state index in [1.807, 2.05) is 38.1 Å². The fourth-order valence-corrected chi connectivity index (χ4v) is 1.89. The fraction of sp³-hybridized carbons (Fsp3) is 0.500. The number of halogens is 1. The number of nitrogens with zero attached hydrogens (tertiary/aromatic N) is 1. The Morgan fingerprint density at radius 2 is 2.18 bits per heavy atom. The highest BCUT2D eigenvalue weighted by Crippen LogP contribution is 2.24. The third kappa shape index (κ3) is 5.21. The molecule has 1 N–H and O–H groups in total. The molecular weight excluding hydrogens is 232 g/mol. The molecule has 1 aromatic carbocycles. The quantitative estimate of drug-likeness (QED) is 0.820. The first-order valence-electron chi connectivity index (χ1n) is 6.02. The molecule has 0 radical (unpaired) electrons. The molecule has 0 amide bonds. The first-order valence-corrected chi connectivity index (χ1v) is 6.39. The molecule has 0 spiro atoms. The van der Waals surface area contributed by atoms with Crippen LogP contribution in [0.25, 0.3) is 0 Å². The zero-order valence-corrected chi connectivity index (χ0v) is 11.2. The summed E-state index contributed by atoms with van der Waals surface area (Å²) in [6.07, 6.45) is 2.51. The molecule has 1 atom stereocenters. The van der Waals surface area contributed by atoms with E-state index in [1.165, 1.54) is 18.4 Å². The summed E-state index contributed by atoms with van der Waals surface area (Å²) in [6.45, 7) is 4.86. The average Bonchev–Trinajstić information content (AvgIpc) is 2.83. The van der Waals surface area contributed by atoms with Crippen LogP contribution in [0, 0.1) is 17.2 Å². The van der Waals surface area contributed by atoms with E-state index < -0.39 is 0 Å². The lowest BCUT2D eigenvalue weighted by Crippen LogP contribution is -2.12. The van der Waals surface area contributed by atoms with Crippen LogP contribution < -0.4 is 5.32 Å². The molecule has 2 rings (SSSR count). The van der Waals surface area contributed by atoms with Gasteiger partial charge >= 0.3 is 0 Å². The van der Waals surface area contributed by atoms with Crippen molar-refractivity contribution < 1.29 is 0 Å². The highest BCUT2D eigenvalue weighted by Gasteiger charge is 2.15. The molecule has 0 aliphatic carbocycles. The minimum absolute atomic E-state index is 0.190. The molecule has 92 valence electrons. The van der Waals surface area contributed by atoms with Crippen molar-refractivity contribution in [1.82, 2.24) is 5.32 Å². The Kier molecular flexibility index (Phi) is 6.04. The maximum absolute atomic E-state index is 7.89. The Morgan fingerprint density at radius 1 is 1.47 bits per heavy atom. The number of benzene rings is 1. The summed E-state index contributed by atoms with van der Waals surface area (Å²) >= 11 is 5.90. The number of hydrogen-bond acceptors (Lipinski definition) is 2. The van der Waals surface area contributed by atoms with Gasteiger partial charge in [0.2, 0.25) is 0 Å². The van der Waals surface area contributed by atoms with Gasteiger partial charge in [-0.3, -0.25) is 0 Å². The van der Waals surface area contributed by atoms with Crippen molar-refractivity contribution in [2.75, 3.05) is 6.54 Å². The van der Waals surface area contributed by atoms with Crippen LogP contribution in [0.4, 0.5) is 0 Å². The van der Waals surface area contributed by atoms with Crippen LogP contribution in [-0.2, 0) is 0 Å². The van der Waals surface area contributed by atoms with Crippen LogP contribution in [-0.4, -0.2) is 6.54 Å². The number of hydrogen-bond donors (Lipinski definition) is 1. The molecule has 1 aliphatic rings. The lowest BCUT2D eigenvalue weighted by atomic mass is 10.1. The molecule has 0 saturated carbocycles. The molecule has 1 aromatic rings. The van der Waals surface area contributed by atoms with Gasteiger partial charge in [-0.15, -0.1) is 0 Å². The summed E-state index contributed by atoms with van der Waals surface area (Å²) in [4.78, 5) is 0. The highest BCUT2D eigenvalue weighted by atomic mass is 35.5. The second kappa shape index (κ2) is 7.32. The van der Waals surface area contributed by atoms with Crippen molar-refractivity contribution >= 4 is 11.6 Å². The Balaban J connectivity index is 0.000000249. The topological polar surface area (TPSA) is 35.8 Å². The van der Waals surface area contributed by atoms with Gasteiger partial charge in [-0.2, -0.15) is 5.26 Å². The third-order valence-corrected chi connectivity index (χ3v) is 2.80. The minimum Gasteiger partial charge on any atom is -0.310 e. The molecule has 1 aliphatic heterocycles. The van der Waals surface area contributed by atoms with Gasteiger partial charge in [0, 0.05) is 17.0 Å². The van der Waals surface area contributed by atoms with Crippen LogP contribution in [0.3, 0.4) is 0 Å². The number of nitriles is 1. The fourth-order valence-electron chi connectivity index (χ4n) is 1.69. The highest BCUT2D eigenvalue weighted by molar-refractivity contribution is 6.30. The van der Waals surface area contributed by atoms with Crippen LogP contribution >= 0.6 is 11.6 Å². The summed E-state index contributed by atoms with van der Waals surface area (Å²) in [5, 5.41) is 12.2. The van der Waals surface area contributed by atoms with Crippen LogP contribution in [0.1, 0.15) is 38.3 Å². The average molecular weight is 251 g/mol. The maximum atomic E-state index is 7.89. The summed E-state index contributed by atoms with van der Waals surface area (Å²) < 4.78 is 0. The summed E-state index contributed by atoms with van der Waals surface area (Å²) in [5.41, 5.74) is 1.32. The number of nitrogens with one attached hydrogen (secondary N) is 1. The zero-order valence-electron chi connectivity index (χ0n) is 10.4. The van der Waals surface area contributed by atoms with Crippen molar-refractivity contribution in [3.8, 4) is 6.07 Å². The monoisotopic (exact) mass is 250 g/mol. The van der Waals surface area contributed by atoms with Crippen LogP contribution in [0.5, 0.6) is 0 Å². The molecule has 17 heavy (non-hydrogen) atoms. The number of rotatable bonds is 1. The van der Waals surface area contributed by atoms with E-state index in [4.69, 9.17) is 16.9 Å². The van der Waals surface area contributed by atoms with E-state index in [0.717, 1.165) is 11.6 Å². The Hall–Kier alpha value is -1.04. The molecular formula is C14H19ClN2. The molecule has 2 nitrogen and oxygen atoms in total. The molecule has 1 heterocycles. The molecule has 1 fully saturated rings. The smallest absolute Gasteiger partial charge is 0.0649 e. The van der Waals surface area contributed by atoms with Gasteiger partial charge in [-0.1, -0.05) is 23.7 Å². The first-order chi connectivity index (χ1) is 8.13. The first kappa shape index (κ1) is 14.0.